The first-order valence-electron chi connectivity index (χ1n) is 6.43. The number of rotatable bonds is 8. The van der Waals surface area contributed by atoms with Gasteiger partial charge in [0.05, 0.1) is 28.2 Å². The maximum Gasteiger partial charge on any atom is 0.330 e. The van der Waals surface area contributed by atoms with Gasteiger partial charge in [0, 0.05) is 12.2 Å². The van der Waals surface area contributed by atoms with Crippen molar-refractivity contribution in [3.05, 3.63) is 25.3 Å². The average molecular weight is 359 g/mol. The molecule has 0 radical (unpaired) electrons. The Labute approximate surface area is 145 Å². The number of carbonyl (C=O) groups excluding carboxylic acids is 2. The average Bonchev–Trinajstić information content (AvgIpc) is 2.37. The fraction of sp³-hybridized carbons (Fsp3) is 0.571. The predicted octanol–water partition coefficient (Wildman–Crippen LogP) is -6.66. The zero-order valence-electron chi connectivity index (χ0n) is 13.8. The molecule has 2 N–H and O–H groups in total. The molecule has 0 heterocycles. The van der Waals surface area contributed by atoms with Gasteiger partial charge in [-0.05, 0) is 0 Å². The highest BCUT2D eigenvalue weighted by Crippen LogP contribution is 1.89. The van der Waals surface area contributed by atoms with Crippen molar-refractivity contribution in [3.63, 3.8) is 0 Å². The van der Waals surface area contributed by atoms with E-state index < -0.39 is 0 Å². The number of hydrogen-bond acceptors (Lipinski definition) is 4. The maximum atomic E-state index is 10.6. The molecule has 0 aliphatic heterocycles. The first kappa shape index (κ1) is 29.0. The third-order valence-electron chi connectivity index (χ3n) is 1.99. The molecule has 0 unspecified atom stereocenters. The molecule has 0 aliphatic rings. The van der Waals surface area contributed by atoms with Gasteiger partial charge >= 0.3 is 11.9 Å². The van der Waals surface area contributed by atoms with Crippen LogP contribution in [0.2, 0.25) is 0 Å². The van der Waals surface area contributed by atoms with Gasteiger partial charge in [0.2, 0.25) is 0 Å². The molecule has 6 nitrogen and oxygen atoms in total. The molecular weight excluding hydrogens is 331 g/mol. The van der Waals surface area contributed by atoms with Crippen LogP contribution in [-0.4, -0.2) is 70.9 Å². The molecule has 0 spiro atoms. The molecule has 0 amide bonds. The predicted molar refractivity (Wildman–Crippen MR) is 77.9 cm³/mol. The third kappa shape index (κ3) is 27.3. The number of nitrogens with zero attached hydrogens (tertiary/aromatic N) is 1. The highest BCUT2D eigenvalue weighted by Gasteiger charge is 2.06. The molecule has 0 aromatic heterocycles. The van der Waals surface area contributed by atoms with Gasteiger partial charge in [0.1, 0.15) is 26.3 Å². The van der Waals surface area contributed by atoms with Gasteiger partial charge in [-0.15, -0.1) is 0 Å². The second-order valence-electron chi connectivity index (χ2n) is 4.95. The summed E-state index contributed by atoms with van der Waals surface area (Å²) >= 11 is 0. The Morgan fingerprint density at radius 3 is 1.73 bits per heavy atom. The molecule has 8 heteroatoms. The highest BCUT2D eigenvalue weighted by atomic mass is 35.5. The lowest BCUT2D eigenvalue weighted by Crippen LogP contribution is -3.00. The van der Waals surface area contributed by atoms with E-state index in [-0.39, 0.29) is 36.8 Å². The van der Waals surface area contributed by atoms with E-state index in [1.165, 1.54) is 6.08 Å². The Kier molecular flexibility index (Phi) is 23.7. The molecule has 0 saturated heterocycles. The van der Waals surface area contributed by atoms with Crippen molar-refractivity contribution in [3.8, 4) is 0 Å². The van der Waals surface area contributed by atoms with Crippen molar-refractivity contribution in [1.82, 2.24) is 0 Å². The Balaban J connectivity index is -0.000000137. The summed E-state index contributed by atoms with van der Waals surface area (Å²) in [4.78, 5) is 20.9. The summed E-state index contributed by atoms with van der Waals surface area (Å²) in [6.07, 6.45) is 2.34. The summed E-state index contributed by atoms with van der Waals surface area (Å²) in [6.45, 7) is 9.09. The third-order valence-corrected chi connectivity index (χ3v) is 1.99. The van der Waals surface area contributed by atoms with Crippen LogP contribution in [0.3, 0.4) is 0 Å². The fourth-order valence-corrected chi connectivity index (χ4v) is 0.815. The molecule has 22 heavy (non-hydrogen) atoms. The molecule has 0 bridgehead atoms. The van der Waals surface area contributed by atoms with Crippen LogP contribution in [0.15, 0.2) is 25.3 Å². The van der Waals surface area contributed by atoms with Crippen LogP contribution >= 0.6 is 0 Å². The van der Waals surface area contributed by atoms with Crippen LogP contribution < -0.4 is 30.1 Å². The topological polar surface area (TPSA) is 69.2 Å². The van der Waals surface area contributed by atoms with Gasteiger partial charge in [-0.2, -0.15) is 0 Å². The molecule has 0 fully saturated rings. The molecule has 0 rings (SSSR count). The first-order chi connectivity index (χ1) is 9.26. The number of quaternary nitrogens is 2. The van der Waals surface area contributed by atoms with Crippen molar-refractivity contribution in [2.24, 2.45) is 0 Å². The fourth-order valence-electron chi connectivity index (χ4n) is 0.815. The summed E-state index contributed by atoms with van der Waals surface area (Å²) in [5.74, 6) is -0.699. The van der Waals surface area contributed by atoms with Crippen molar-refractivity contribution < 1.29 is 53.7 Å². The molecule has 132 valence electrons. The second kappa shape index (κ2) is 18.0. The van der Waals surface area contributed by atoms with Crippen molar-refractivity contribution >= 4 is 11.9 Å². The Morgan fingerprint density at radius 1 is 1.00 bits per heavy atom. The molecule has 0 aromatic carbocycles. The van der Waals surface area contributed by atoms with Gasteiger partial charge in [-0.1, -0.05) is 13.2 Å². The molecular formula is C14H28Cl2N2O4. The van der Waals surface area contributed by atoms with Crippen molar-refractivity contribution in [2.75, 3.05) is 54.5 Å². The number of halogens is 2. The smallest absolute Gasteiger partial charge is 0.330 e. The minimum absolute atomic E-state index is 0. The zero-order chi connectivity index (χ0) is 16.0. The monoisotopic (exact) mass is 358 g/mol. The molecule has 0 saturated carbocycles. The summed E-state index contributed by atoms with van der Waals surface area (Å²) in [5, 5.41) is 1.94. The lowest BCUT2D eigenvalue weighted by Gasteiger charge is -2.23. The minimum atomic E-state index is -0.350. The van der Waals surface area contributed by atoms with Crippen molar-refractivity contribution in [2.45, 2.75) is 0 Å². The number of nitrogens with two attached hydrogens (primary N) is 1. The maximum absolute atomic E-state index is 10.6. The molecule has 0 aliphatic carbocycles. The summed E-state index contributed by atoms with van der Waals surface area (Å²) < 4.78 is 10.2. The number of hydrogen-bond donors (Lipinski definition) is 1. The lowest BCUT2D eigenvalue weighted by molar-refractivity contribution is -0.870. The summed E-state index contributed by atoms with van der Waals surface area (Å²) in [5.41, 5.74) is 0. The standard InChI is InChI=1S/C8H16NO2.C6H11NO2.2ClH/c1-5-8(10)11-7-6-9(2,3)4;1-3-6(8)9-5-4-7-2;;/h5H,1,6-7H2,2-4H3;3,7H,1,4-5H2,2H3;2*1H/q+1;;;/p-1. The largest absolute Gasteiger partial charge is 1.00 e. The van der Waals surface area contributed by atoms with Gasteiger partial charge in [-0.25, -0.2) is 9.59 Å². The van der Waals surface area contributed by atoms with E-state index in [1.54, 1.807) is 0 Å². The summed E-state index contributed by atoms with van der Waals surface area (Å²) in [7, 11) is 8.05. The van der Waals surface area contributed by atoms with Gasteiger partial charge in [0.25, 0.3) is 0 Å². The number of ether oxygens (including phenoxy) is 2. The van der Waals surface area contributed by atoms with E-state index in [1.807, 2.05) is 33.5 Å². The van der Waals surface area contributed by atoms with Gasteiger partial charge in [-0.3, -0.25) is 0 Å². The van der Waals surface area contributed by atoms with Crippen molar-refractivity contribution in [1.29, 1.82) is 0 Å². The van der Waals surface area contributed by atoms with Crippen LogP contribution in [0.1, 0.15) is 0 Å². The minimum Gasteiger partial charge on any atom is -1.00 e. The van der Waals surface area contributed by atoms with E-state index in [0.717, 1.165) is 23.6 Å². The van der Waals surface area contributed by atoms with E-state index >= 15 is 0 Å². The molecule has 0 aromatic rings. The second-order valence-corrected chi connectivity index (χ2v) is 4.95. The summed E-state index contributed by atoms with van der Waals surface area (Å²) in [6, 6.07) is 0. The molecule has 0 atom stereocenters. The highest BCUT2D eigenvalue weighted by molar-refractivity contribution is 5.81. The van der Waals surface area contributed by atoms with Gasteiger partial charge < -0.3 is 44.1 Å². The van der Waals surface area contributed by atoms with Crippen LogP contribution in [0.5, 0.6) is 0 Å². The Bertz CT molecular complexity index is 318. The van der Waals surface area contributed by atoms with Gasteiger partial charge in [0.15, 0.2) is 0 Å². The number of carbonyl (C=O) groups is 2. The van der Waals surface area contributed by atoms with Crippen LogP contribution in [0.25, 0.3) is 0 Å². The van der Waals surface area contributed by atoms with E-state index in [9.17, 15) is 9.59 Å². The van der Waals surface area contributed by atoms with Crippen LogP contribution in [-0.2, 0) is 19.1 Å². The van der Waals surface area contributed by atoms with Crippen LogP contribution in [0, 0.1) is 0 Å². The first-order valence-corrected chi connectivity index (χ1v) is 6.43. The zero-order valence-corrected chi connectivity index (χ0v) is 15.3. The van der Waals surface area contributed by atoms with E-state index in [2.05, 4.69) is 17.9 Å². The SMILES string of the molecule is C=CC(=O)OCC[N+](C)(C)C.C=CC(=O)OCC[NH2+]C.[Cl-].[Cl-]. The lowest BCUT2D eigenvalue weighted by atomic mass is 10.5. The Hall–Kier alpha value is -1.08. The Morgan fingerprint density at radius 2 is 1.41 bits per heavy atom. The normalized spacial score (nSPS) is 8.91. The van der Waals surface area contributed by atoms with E-state index in [4.69, 9.17) is 4.74 Å². The van der Waals surface area contributed by atoms with E-state index in [0.29, 0.717) is 13.2 Å². The number of likely N-dealkylation sites (N-methyl/N-ethyl adjacent to an activating group) is 2. The van der Waals surface area contributed by atoms with Crippen LogP contribution in [0.4, 0.5) is 0 Å². The number of esters is 2. The quantitative estimate of drug-likeness (QED) is 0.203.